The molecule has 4 nitrogen and oxygen atoms in total. The summed E-state index contributed by atoms with van der Waals surface area (Å²) in [6, 6.07) is 17.5. The van der Waals surface area contributed by atoms with Crippen LogP contribution in [0.15, 0.2) is 48.5 Å². The highest BCUT2D eigenvalue weighted by Gasteiger charge is 2.16. The SMILES string of the molecule is C[NH+](C)CCNC(=S)Nc1ccc([C@H](C#N)c2ccccc2)c(Cl)c1. The average molecular weight is 374 g/mol. The number of nitrogens with one attached hydrogen (secondary N) is 3. The van der Waals surface area contributed by atoms with Crippen LogP contribution in [0.25, 0.3) is 0 Å². The van der Waals surface area contributed by atoms with Crippen LogP contribution in [-0.2, 0) is 0 Å². The number of nitrogens with zero attached hydrogens (tertiary/aromatic N) is 1. The number of halogens is 1. The lowest BCUT2D eigenvalue weighted by molar-refractivity contribution is -0.856. The van der Waals surface area contributed by atoms with Crippen molar-refractivity contribution in [3.8, 4) is 6.07 Å². The highest BCUT2D eigenvalue weighted by Crippen LogP contribution is 2.31. The quantitative estimate of drug-likeness (QED) is 0.681. The second-order valence-corrected chi connectivity index (χ2v) is 6.86. The minimum absolute atomic E-state index is 0.393. The summed E-state index contributed by atoms with van der Waals surface area (Å²) in [4.78, 5) is 1.35. The van der Waals surface area contributed by atoms with Gasteiger partial charge in [0.2, 0.25) is 0 Å². The molecule has 2 rings (SSSR count). The predicted octanol–water partition coefficient (Wildman–Crippen LogP) is 2.43. The van der Waals surface area contributed by atoms with Crippen LogP contribution in [0.5, 0.6) is 0 Å². The average Bonchev–Trinajstić information content (AvgIpc) is 2.58. The van der Waals surface area contributed by atoms with E-state index in [0.717, 1.165) is 29.9 Å². The molecule has 0 bridgehead atoms. The van der Waals surface area contributed by atoms with Crippen LogP contribution < -0.4 is 15.5 Å². The third-order valence-corrected chi connectivity index (χ3v) is 4.32. The van der Waals surface area contributed by atoms with E-state index in [-0.39, 0.29) is 0 Å². The Morgan fingerprint density at radius 1 is 1.24 bits per heavy atom. The number of nitriles is 1. The molecule has 0 radical (unpaired) electrons. The van der Waals surface area contributed by atoms with Crippen molar-refractivity contribution in [1.29, 1.82) is 5.26 Å². The Hall–Kier alpha value is -2.13. The molecule has 1 atom stereocenters. The summed E-state index contributed by atoms with van der Waals surface area (Å²) in [6.45, 7) is 1.77. The van der Waals surface area contributed by atoms with Gasteiger partial charge in [-0.15, -0.1) is 0 Å². The minimum Gasteiger partial charge on any atom is -0.357 e. The summed E-state index contributed by atoms with van der Waals surface area (Å²) in [5.74, 6) is -0.393. The van der Waals surface area contributed by atoms with E-state index in [1.165, 1.54) is 4.90 Å². The Balaban J connectivity index is 2.07. The summed E-state index contributed by atoms with van der Waals surface area (Å²) in [5, 5.41) is 16.9. The van der Waals surface area contributed by atoms with Crippen molar-refractivity contribution in [2.45, 2.75) is 5.92 Å². The monoisotopic (exact) mass is 373 g/mol. The maximum Gasteiger partial charge on any atom is 0.170 e. The van der Waals surface area contributed by atoms with E-state index in [2.05, 4.69) is 30.8 Å². The first-order valence-electron chi connectivity index (χ1n) is 8.09. The number of quaternary nitrogens is 1. The molecule has 0 fully saturated rings. The zero-order valence-electron chi connectivity index (χ0n) is 14.3. The third kappa shape index (κ3) is 5.71. The first kappa shape index (κ1) is 19.2. The van der Waals surface area contributed by atoms with E-state index in [1.54, 1.807) is 6.07 Å². The molecule has 6 heteroatoms. The predicted molar refractivity (Wildman–Crippen MR) is 107 cm³/mol. The summed E-state index contributed by atoms with van der Waals surface area (Å²) in [7, 11) is 4.18. The van der Waals surface area contributed by atoms with E-state index in [4.69, 9.17) is 23.8 Å². The largest absolute Gasteiger partial charge is 0.357 e. The van der Waals surface area contributed by atoms with Crippen molar-refractivity contribution in [2.75, 3.05) is 32.5 Å². The number of thiocarbonyl (C=S) groups is 1. The smallest absolute Gasteiger partial charge is 0.170 e. The lowest BCUT2D eigenvalue weighted by atomic mass is 9.92. The van der Waals surface area contributed by atoms with Crippen LogP contribution in [0.1, 0.15) is 17.0 Å². The zero-order valence-corrected chi connectivity index (χ0v) is 15.9. The van der Waals surface area contributed by atoms with Crippen LogP contribution in [-0.4, -0.2) is 32.3 Å². The molecule has 0 unspecified atom stereocenters. The molecule has 0 saturated heterocycles. The molecule has 0 aromatic heterocycles. The van der Waals surface area contributed by atoms with Gasteiger partial charge in [-0.1, -0.05) is 48.0 Å². The van der Waals surface area contributed by atoms with Crippen molar-refractivity contribution in [3.05, 3.63) is 64.7 Å². The first-order valence-corrected chi connectivity index (χ1v) is 8.87. The first-order chi connectivity index (χ1) is 12.0. The number of hydrogen-bond acceptors (Lipinski definition) is 2. The van der Waals surface area contributed by atoms with Gasteiger partial charge in [0.05, 0.1) is 39.2 Å². The van der Waals surface area contributed by atoms with E-state index < -0.39 is 5.92 Å². The summed E-state index contributed by atoms with van der Waals surface area (Å²) < 4.78 is 0. The fourth-order valence-electron chi connectivity index (χ4n) is 2.41. The van der Waals surface area contributed by atoms with Gasteiger partial charge in [-0.2, -0.15) is 5.26 Å². The van der Waals surface area contributed by atoms with E-state index in [0.29, 0.717) is 10.1 Å². The number of anilines is 1. The van der Waals surface area contributed by atoms with Gasteiger partial charge in [-0.3, -0.25) is 0 Å². The number of hydrogen-bond donors (Lipinski definition) is 3. The standard InChI is InChI=1S/C19H21ClN4S/c1-24(2)11-10-22-19(25)23-15-8-9-16(18(20)12-15)17(13-21)14-6-4-3-5-7-14/h3-9,12,17H,10-11H2,1-2H3,(H2,22,23,25)/p+1/t17-/m1/s1. The van der Waals surface area contributed by atoms with Crippen molar-refractivity contribution in [1.82, 2.24) is 5.32 Å². The minimum atomic E-state index is -0.393. The van der Waals surface area contributed by atoms with E-state index >= 15 is 0 Å². The molecule has 2 aromatic rings. The molecule has 0 amide bonds. The van der Waals surface area contributed by atoms with Crippen molar-refractivity contribution in [2.24, 2.45) is 0 Å². The Kier molecular flexibility index (Phi) is 7.20. The maximum absolute atomic E-state index is 9.56. The van der Waals surface area contributed by atoms with E-state index in [9.17, 15) is 5.26 Å². The molecule has 2 aromatic carbocycles. The van der Waals surface area contributed by atoms with Gasteiger partial charge in [0.25, 0.3) is 0 Å². The lowest BCUT2D eigenvalue weighted by Gasteiger charge is -2.15. The molecular weight excluding hydrogens is 352 g/mol. The van der Waals surface area contributed by atoms with Crippen molar-refractivity contribution >= 4 is 34.6 Å². The molecule has 3 N–H and O–H groups in total. The fourth-order valence-corrected chi connectivity index (χ4v) is 2.92. The third-order valence-electron chi connectivity index (χ3n) is 3.74. The lowest BCUT2D eigenvalue weighted by Crippen LogP contribution is -3.06. The molecule has 130 valence electrons. The second-order valence-electron chi connectivity index (χ2n) is 6.05. The number of likely N-dealkylation sites (N-methyl/N-ethyl adjacent to an activating group) is 1. The Labute approximate surface area is 159 Å². The van der Waals surface area contributed by atoms with Gasteiger partial charge in [0, 0.05) is 10.7 Å². The summed E-state index contributed by atoms with van der Waals surface area (Å²) >= 11 is 11.7. The van der Waals surface area contributed by atoms with Gasteiger partial charge in [-0.25, -0.2) is 0 Å². The maximum atomic E-state index is 9.56. The van der Waals surface area contributed by atoms with Crippen molar-refractivity contribution in [3.63, 3.8) is 0 Å². The van der Waals surface area contributed by atoms with Gasteiger partial charge in [0.15, 0.2) is 5.11 Å². The number of rotatable bonds is 6. The van der Waals surface area contributed by atoms with Crippen LogP contribution in [0.3, 0.4) is 0 Å². The molecule has 0 spiro atoms. The van der Waals surface area contributed by atoms with Crippen molar-refractivity contribution < 1.29 is 4.90 Å². The van der Waals surface area contributed by atoms with Gasteiger partial charge in [-0.05, 0) is 35.5 Å². The Morgan fingerprint density at radius 3 is 2.56 bits per heavy atom. The van der Waals surface area contributed by atoms with Crippen LogP contribution >= 0.6 is 23.8 Å². The fraction of sp³-hybridized carbons (Fsp3) is 0.263. The summed E-state index contributed by atoms with van der Waals surface area (Å²) in [5.41, 5.74) is 2.51. The van der Waals surface area contributed by atoms with Crippen LogP contribution in [0.4, 0.5) is 5.69 Å². The molecule has 0 aliphatic carbocycles. The van der Waals surface area contributed by atoms with Gasteiger partial charge < -0.3 is 15.5 Å². The highest BCUT2D eigenvalue weighted by atomic mass is 35.5. The second kappa shape index (κ2) is 9.38. The Morgan fingerprint density at radius 2 is 1.96 bits per heavy atom. The molecule has 25 heavy (non-hydrogen) atoms. The van der Waals surface area contributed by atoms with Gasteiger partial charge >= 0.3 is 0 Å². The van der Waals surface area contributed by atoms with Crippen LogP contribution in [0, 0.1) is 11.3 Å². The molecule has 0 aliphatic heterocycles. The molecule has 0 heterocycles. The zero-order chi connectivity index (χ0) is 18.2. The highest BCUT2D eigenvalue weighted by molar-refractivity contribution is 7.80. The van der Waals surface area contributed by atoms with Gasteiger partial charge in [0.1, 0.15) is 0 Å². The summed E-state index contributed by atoms with van der Waals surface area (Å²) in [6.07, 6.45) is 0. The topological polar surface area (TPSA) is 52.3 Å². The number of benzene rings is 2. The van der Waals surface area contributed by atoms with E-state index in [1.807, 2.05) is 42.5 Å². The molecule has 0 saturated carbocycles. The Bertz CT molecular complexity index is 756. The molecular formula is C19H22ClN4S+. The van der Waals surface area contributed by atoms with Crippen LogP contribution in [0.2, 0.25) is 5.02 Å². The normalized spacial score (nSPS) is 11.6. The molecule has 0 aliphatic rings.